The van der Waals surface area contributed by atoms with Crippen LogP contribution in [0.2, 0.25) is 0 Å². The number of para-hydroxylation sites is 3. The highest BCUT2D eigenvalue weighted by Gasteiger charge is 2.15. The summed E-state index contributed by atoms with van der Waals surface area (Å²) in [7, 11) is 1.54. The van der Waals surface area contributed by atoms with Crippen LogP contribution < -0.4 is 15.6 Å². The van der Waals surface area contributed by atoms with E-state index in [1.54, 1.807) is 23.8 Å². The predicted octanol–water partition coefficient (Wildman–Crippen LogP) is 4.24. The molecule has 0 saturated carbocycles. The number of carbonyl (C=O) groups excluding carboxylic acids is 1. The van der Waals surface area contributed by atoms with E-state index in [0.29, 0.717) is 30.9 Å². The number of aromatic amines is 1. The summed E-state index contributed by atoms with van der Waals surface area (Å²) in [5.41, 5.74) is 1.61. The Hall–Kier alpha value is -2.95. The summed E-state index contributed by atoms with van der Waals surface area (Å²) in [5, 5.41) is 3.15. The third kappa shape index (κ3) is 4.16. The Labute approximate surface area is 184 Å². The number of carbonyl (C=O) groups is 1. The monoisotopic (exact) mass is 456 g/mol. The number of thioether (sulfide) groups is 1. The van der Waals surface area contributed by atoms with Crippen molar-refractivity contribution < 1.29 is 9.53 Å². The van der Waals surface area contributed by atoms with Gasteiger partial charge in [-0.25, -0.2) is 4.98 Å². The Bertz CT molecular complexity index is 1330. The second-order valence-electron chi connectivity index (χ2n) is 6.10. The van der Waals surface area contributed by atoms with E-state index in [4.69, 9.17) is 17.0 Å². The van der Waals surface area contributed by atoms with Crippen molar-refractivity contribution in [3.05, 3.63) is 68.9 Å². The average Bonchev–Trinajstić information content (AvgIpc) is 3.10. The van der Waals surface area contributed by atoms with Crippen LogP contribution in [0.15, 0.2) is 64.5 Å². The molecule has 2 N–H and O–H groups in total. The molecule has 152 valence electrons. The largest absolute Gasteiger partial charge is 0.495 e. The number of hydrogen-bond acceptors (Lipinski definition) is 7. The fourth-order valence-corrected chi connectivity index (χ4v) is 4.76. The number of anilines is 1. The number of aromatic nitrogens is 3. The van der Waals surface area contributed by atoms with Gasteiger partial charge in [-0.2, -0.15) is 0 Å². The Morgan fingerprint density at radius 1 is 1.23 bits per heavy atom. The summed E-state index contributed by atoms with van der Waals surface area (Å²) in [6, 6.07) is 16.7. The molecule has 2 aromatic carbocycles. The maximum Gasteiger partial charge on any atom is 0.271 e. The fraction of sp³-hybridized carbons (Fsp3) is 0.100. The second-order valence-corrected chi connectivity index (χ2v) is 8.71. The van der Waals surface area contributed by atoms with E-state index in [1.165, 1.54) is 11.3 Å². The molecule has 4 rings (SSSR count). The molecular weight excluding hydrogens is 440 g/mol. The third-order valence-corrected chi connectivity index (χ3v) is 6.39. The summed E-state index contributed by atoms with van der Waals surface area (Å²) in [4.78, 5) is 32.2. The highest BCUT2D eigenvalue weighted by atomic mass is 32.2. The molecule has 0 aliphatic heterocycles. The zero-order chi connectivity index (χ0) is 21.1. The van der Waals surface area contributed by atoms with Gasteiger partial charge in [0.25, 0.3) is 5.56 Å². The van der Waals surface area contributed by atoms with E-state index in [2.05, 4.69) is 15.3 Å². The molecule has 0 unspecified atom stereocenters. The number of nitrogens with zero attached hydrogens (tertiary/aromatic N) is 2. The van der Waals surface area contributed by atoms with Gasteiger partial charge in [-0.1, -0.05) is 53.4 Å². The quantitative estimate of drug-likeness (QED) is 0.256. The zero-order valence-corrected chi connectivity index (χ0v) is 18.2. The first-order chi connectivity index (χ1) is 14.6. The van der Waals surface area contributed by atoms with Crippen LogP contribution in [0, 0.1) is 3.95 Å². The maximum absolute atomic E-state index is 12.5. The lowest BCUT2D eigenvalue weighted by atomic mass is 10.3. The number of nitrogens with one attached hydrogen (secondary N) is 2. The van der Waals surface area contributed by atoms with Gasteiger partial charge in [-0.15, -0.1) is 0 Å². The van der Waals surface area contributed by atoms with E-state index in [-0.39, 0.29) is 17.2 Å². The van der Waals surface area contributed by atoms with Crippen LogP contribution in [0.5, 0.6) is 5.75 Å². The predicted molar refractivity (Wildman–Crippen MR) is 123 cm³/mol. The third-order valence-electron chi connectivity index (χ3n) is 4.16. The number of rotatable bonds is 6. The Morgan fingerprint density at radius 2 is 1.97 bits per heavy atom. The zero-order valence-electron chi connectivity index (χ0n) is 15.7. The SMILES string of the molecule is COc1ccccc1NC(=O)CSc1nc2c(sc(=S)n2-c2ccccc2)c(=O)[nH]1. The first-order valence-corrected chi connectivity index (χ1v) is 11.0. The minimum atomic E-state index is -0.279. The standard InChI is InChI=1S/C20H16N4O3S3/c1-27-14-10-6-5-9-13(14)21-15(25)11-29-19-22-17-16(18(26)23-19)30-20(28)24(17)12-7-3-2-4-8-12/h2-10H,11H2,1H3,(H,21,25)(H,22,23,26). The van der Waals surface area contributed by atoms with Crippen LogP contribution in [0.25, 0.3) is 16.0 Å². The number of amides is 1. The lowest BCUT2D eigenvalue weighted by Gasteiger charge is -2.09. The van der Waals surface area contributed by atoms with Gasteiger partial charge in [0, 0.05) is 5.69 Å². The lowest BCUT2D eigenvalue weighted by Crippen LogP contribution is -2.16. The van der Waals surface area contributed by atoms with Crippen molar-refractivity contribution in [2.24, 2.45) is 0 Å². The Kier molecular flexibility index (Phi) is 5.98. The van der Waals surface area contributed by atoms with Crippen LogP contribution in [0.4, 0.5) is 5.69 Å². The summed E-state index contributed by atoms with van der Waals surface area (Å²) in [6.07, 6.45) is 0. The van der Waals surface area contributed by atoms with Crippen LogP contribution in [-0.2, 0) is 4.79 Å². The molecule has 10 heteroatoms. The number of methoxy groups -OCH3 is 1. The first kappa shape index (κ1) is 20.3. The molecule has 7 nitrogen and oxygen atoms in total. The Balaban J connectivity index is 1.59. The fourth-order valence-electron chi connectivity index (χ4n) is 2.83. The molecule has 0 fully saturated rings. The van der Waals surface area contributed by atoms with E-state index in [0.717, 1.165) is 17.4 Å². The minimum Gasteiger partial charge on any atom is -0.495 e. The summed E-state index contributed by atoms with van der Waals surface area (Å²) in [6.45, 7) is 0. The Morgan fingerprint density at radius 3 is 2.73 bits per heavy atom. The minimum absolute atomic E-state index is 0.0721. The van der Waals surface area contributed by atoms with Crippen LogP contribution in [-0.4, -0.2) is 33.3 Å². The lowest BCUT2D eigenvalue weighted by molar-refractivity contribution is -0.113. The molecule has 1 amide bonds. The normalized spacial score (nSPS) is 10.8. The number of benzene rings is 2. The van der Waals surface area contributed by atoms with Gasteiger partial charge < -0.3 is 15.0 Å². The van der Waals surface area contributed by atoms with Crippen molar-refractivity contribution in [1.82, 2.24) is 14.5 Å². The molecule has 2 aromatic heterocycles. The first-order valence-electron chi connectivity index (χ1n) is 8.84. The van der Waals surface area contributed by atoms with Crippen molar-refractivity contribution in [2.45, 2.75) is 5.16 Å². The van der Waals surface area contributed by atoms with Gasteiger partial charge >= 0.3 is 0 Å². The van der Waals surface area contributed by atoms with E-state index < -0.39 is 0 Å². The van der Waals surface area contributed by atoms with Crippen LogP contribution >= 0.6 is 35.3 Å². The van der Waals surface area contributed by atoms with Crippen molar-refractivity contribution in [2.75, 3.05) is 18.2 Å². The molecule has 0 aliphatic carbocycles. The van der Waals surface area contributed by atoms with Crippen molar-refractivity contribution in [1.29, 1.82) is 0 Å². The number of fused-ring (bicyclic) bond motifs is 1. The number of hydrogen-bond donors (Lipinski definition) is 2. The van der Waals surface area contributed by atoms with Gasteiger partial charge in [0.1, 0.15) is 10.4 Å². The van der Waals surface area contributed by atoms with E-state index >= 15 is 0 Å². The van der Waals surface area contributed by atoms with Gasteiger partial charge in [0.2, 0.25) is 5.91 Å². The van der Waals surface area contributed by atoms with Crippen molar-refractivity contribution in [3.8, 4) is 11.4 Å². The molecule has 2 heterocycles. The summed E-state index contributed by atoms with van der Waals surface area (Å²) in [5.74, 6) is 0.407. The second kappa shape index (κ2) is 8.82. The molecule has 0 aliphatic rings. The molecule has 30 heavy (non-hydrogen) atoms. The smallest absolute Gasteiger partial charge is 0.271 e. The summed E-state index contributed by atoms with van der Waals surface area (Å²) < 4.78 is 7.99. The van der Waals surface area contributed by atoms with E-state index in [9.17, 15) is 9.59 Å². The van der Waals surface area contributed by atoms with Gasteiger partial charge in [0.15, 0.2) is 14.8 Å². The molecule has 4 aromatic rings. The number of ether oxygens (including phenoxy) is 1. The molecule has 0 bridgehead atoms. The highest BCUT2D eigenvalue weighted by Crippen LogP contribution is 2.26. The topological polar surface area (TPSA) is 89.0 Å². The van der Waals surface area contributed by atoms with Gasteiger partial charge in [0.05, 0.1) is 18.6 Å². The highest BCUT2D eigenvalue weighted by molar-refractivity contribution is 7.99. The maximum atomic E-state index is 12.5. The van der Waals surface area contributed by atoms with Crippen molar-refractivity contribution >= 4 is 57.3 Å². The van der Waals surface area contributed by atoms with E-state index in [1.807, 2.05) is 42.5 Å². The molecule has 0 radical (unpaired) electrons. The van der Waals surface area contributed by atoms with Crippen LogP contribution in [0.1, 0.15) is 0 Å². The molecule has 0 saturated heterocycles. The summed E-state index contributed by atoms with van der Waals surface area (Å²) >= 11 is 7.80. The number of H-pyrrole nitrogens is 1. The average molecular weight is 457 g/mol. The number of thiazole rings is 1. The molecule has 0 atom stereocenters. The van der Waals surface area contributed by atoms with Crippen LogP contribution in [0.3, 0.4) is 0 Å². The van der Waals surface area contributed by atoms with Crippen molar-refractivity contribution in [3.63, 3.8) is 0 Å². The molecule has 0 spiro atoms. The molecular formula is C20H16N4O3S3. The van der Waals surface area contributed by atoms with Gasteiger partial charge in [-0.3, -0.25) is 14.2 Å². The van der Waals surface area contributed by atoms with Gasteiger partial charge in [-0.05, 0) is 36.5 Å².